The molecular formula is C21H26F2N6. The number of halogens is 2. The van der Waals surface area contributed by atoms with Gasteiger partial charge in [0.25, 0.3) is 0 Å². The van der Waals surface area contributed by atoms with Crippen LogP contribution in [0.25, 0.3) is 11.0 Å². The average molecular weight is 400 g/mol. The average Bonchev–Trinajstić information content (AvgIpc) is 3.12. The van der Waals surface area contributed by atoms with E-state index in [-0.39, 0.29) is 17.7 Å². The summed E-state index contributed by atoms with van der Waals surface area (Å²) in [5.41, 5.74) is 7.88. The summed E-state index contributed by atoms with van der Waals surface area (Å²) < 4.78 is 28.4. The SMILES string of the molecule is CN1CCN(CCNc2cnc3[nH]cc(Cc4c(F)ccc(N)c4F)c3c2)CC1. The van der Waals surface area contributed by atoms with Gasteiger partial charge >= 0.3 is 0 Å². The quantitative estimate of drug-likeness (QED) is 0.555. The second-order valence-electron chi connectivity index (χ2n) is 7.61. The molecule has 0 unspecified atom stereocenters. The predicted molar refractivity (Wildman–Crippen MR) is 112 cm³/mol. The monoisotopic (exact) mass is 400 g/mol. The number of hydrogen-bond acceptors (Lipinski definition) is 5. The van der Waals surface area contributed by atoms with E-state index >= 15 is 0 Å². The van der Waals surface area contributed by atoms with Crippen LogP contribution in [-0.2, 0) is 6.42 Å². The lowest BCUT2D eigenvalue weighted by Gasteiger charge is -2.32. The van der Waals surface area contributed by atoms with Crippen molar-refractivity contribution in [2.45, 2.75) is 6.42 Å². The zero-order valence-corrected chi connectivity index (χ0v) is 16.5. The largest absolute Gasteiger partial charge is 0.396 e. The number of nitrogens with two attached hydrogens (primary N) is 1. The number of benzene rings is 1. The molecule has 0 aliphatic carbocycles. The Labute approximate surface area is 168 Å². The number of rotatable bonds is 6. The van der Waals surface area contributed by atoms with Gasteiger partial charge in [0.15, 0.2) is 5.82 Å². The van der Waals surface area contributed by atoms with Crippen molar-refractivity contribution in [2.75, 3.05) is 57.4 Å². The van der Waals surface area contributed by atoms with Gasteiger partial charge in [-0.25, -0.2) is 13.8 Å². The van der Waals surface area contributed by atoms with E-state index in [0.29, 0.717) is 5.65 Å². The number of aromatic amines is 1. The van der Waals surface area contributed by atoms with Crippen LogP contribution in [0.1, 0.15) is 11.1 Å². The van der Waals surface area contributed by atoms with Crippen molar-refractivity contribution in [2.24, 2.45) is 0 Å². The number of fused-ring (bicyclic) bond motifs is 1. The molecule has 0 saturated carbocycles. The van der Waals surface area contributed by atoms with Crippen molar-refractivity contribution >= 4 is 22.4 Å². The maximum Gasteiger partial charge on any atom is 0.152 e. The van der Waals surface area contributed by atoms with Crippen LogP contribution in [0, 0.1) is 11.6 Å². The van der Waals surface area contributed by atoms with Crippen LogP contribution < -0.4 is 11.1 Å². The standard InChI is InChI=1S/C21H26F2N6/c1-28-6-8-29(9-7-28)5-4-25-15-11-16-14(12-26-21(16)27-13-15)10-17-18(22)2-3-19(24)20(17)23/h2-3,11-13,25H,4-10,24H2,1H3,(H,26,27). The Kier molecular flexibility index (Phi) is 5.64. The van der Waals surface area contributed by atoms with Crippen molar-refractivity contribution in [3.8, 4) is 0 Å². The molecule has 3 heterocycles. The van der Waals surface area contributed by atoms with Crippen molar-refractivity contribution in [3.63, 3.8) is 0 Å². The van der Waals surface area contributed by atoms with Gasteiger partial charge in [-0.2, -0.15) is 0 Å². The molecule has 154 valence electrons. The van der Waals surface area contributed by atoms with E-state index in [4.69, 9.17) is 5.73 Å². The highest BCUT2D eigenvalue weighted by Crippen LogP contribution is 2.26. The number of nitrogens with zero attached hydrogens (tertiary/aromatic N) is 3. The Morgan fingerprint density at radius 2 is 2.00 bits per heavy atom. The molecule has 1 saturated heterocycles. The molecule has 0 bridgehead atoms. The van der Waals surface area contributed by atoms with Crippen LogP contribution >= 0.6 is 0 Å². The third-order valence-electron chi connectivity index (χ3n) is 5.55. The normalized spacial score (nSPS) is 15.8. The number of anilines is 2. The minimum absolute atomic E-state index is 0.0284. The zero-order valence-electron chi connectivity index (χ0n) is 16.5. The number of nitrogens with one attached hydrogen (secondary N) is 2. The minimum Gasteiger partial charge on any atom is -0.396 e. The van der Waals surface area contributed by atoms with Gasteiger partial charge in [-0.15, -0.1) is 0 Å². The number of pyridine rings is 1. The molecule has 0 radical (unpaired) electrons. The molecule has 4 N–H and O–H groups in total. The first kappa shape index (κ1) is 19.6. The van der Waals surface area contributed by atoms with Crippen LogP contribution in [0.15, 0.2) is 30.6 Å². The van der Waals surface area contributed by atoms with Crippen molar-refractivity contribution in [1.82, 2.24) is 19.8 Å². The molecule has 1 fully saturated rings. The summed E-state index contributed by atoms with van der Waals surface area (Å²) in [7, 11) is 2.15. The van der Waals surface area contributed by atoms with Crippen LogP contribution in [-0.4, -0.2) is 66.1 Å². The first-order chi connectivity index (χ1) is 14.0. The number of nitrogen functional groups attached to an aromatic ring is 1. The van der Waals surface area contributed by atoms with Crippen molar-refractivity contribution in [3.05, 3.63) is 53.4 Å². The van der Waals surface area contributed by atoms with E-state index in [0.717, 1.165) is 55.9 Å². The summed E-state index contributed by atoms with van der Waals surface area (Å²) in [5.74, 6) is -1.30. The molecule has 1 aliphatic rings. The fourth-order valence-electron chi connectivity index (χ4n) is 3.70. The molecule has 0 spiro atoms. The van der Waals surface area contributed by atoms with E-state index in [9.17, 15) is 8.78 Å². The Balaban J connectivity index is 1.46. The fourth-order valence-corrected chi connectivity index (χ4v) is 3.70. The number of piperazine rings is 1. The van der Waals surface area contributed by atoms with Gasteiger partial charge in [0.1, 0.15) is 11.5 Å². The van der Waals surface area contributed by atoms with E-state index in [2.05, 4.69) is 32.1 Å². The molecule has 1 aliphatic heterocycles. The molecule has 0 amide bonds. The fraction of sp³-hybridized carbons (Fsp3) is 0.381. The topological polar surface area (TPSA) is 73.2 Å². The Morgan fingerprint density at radius 3 is 2.79 bits per heavy atom. The highest BCUT2D eigenvalue weighted by Gasteiger charge is 2.16. The van der Waals surface area contributed by atoms with Gasteiger partial charge in [-0.1, -0.05) is 0 Å². The van der Waals surface area contributed by atoms with Crippen LogP contribution in [0.4, 0.5) is 20.2 Å². The Morgan fingerprint density at radius 1 is 1.21 bits per heavy atom. The first-order valence-corrected chi connectivity index (χ1v) is 9.84. The molecule has 6 nitrogen and oxygen atoms in total. The summed E-state index contributed by atoms with van der Waals surface area (Å²) in [6, 6.07) is 4.42. The molecule has 2 aromatic heterocycles. The van der Waals surface area contributed by atoms with Gasteiger partial charge in [0.2, 0.25) is 0 Å². The third-order valence-corrected chi connectivity index (χ3v) is 5.55. The minimum atomic E-state index is -0.700. The van der Waals surface area contributed by atoms with E-state index < -0.39 is 11.6 Å². The number of H-pyrrole nitrogens is 1. The molecule has 29 heavy (non-hydrogen) atoms. The van der Waals surface area contributed by atoms with E-state index in [1.54, 1.807) is 12.4 Å². The van der Waals surface area contributed by atoms with E-state index in [1.807, 2.05) is 6.07 Å². The maximum absolute atomic E-state index is 14.3. The maximum atomic E-state index is 14.3. The van der Waals surface area contributed by atoms with Gasteiger partial charge in [0, 0.05) is 62.8 Å². The first-order valence-electron chi connectivity index (χ1n) is 9.84. The highest BCUT2D eigenvalue weighted by molar-refractivity contribution is 5.83. The smallest absolute Gasteiger partial charge is 0.152 e. The number of hydrogen-bond donors (Lipinski definition) is 3. The summed E-state index contributed by atoms with van der Waals surface area (Å²) in [5, 5.41) is 4.25. The summed E-state index contributed by atoms with van der Waals surface area (Å²) >= 11 is 0. The lowest BCUT2D eigenvalue weighted by molar-refractivity contribution is 0.158. The molecular weight excluding hydrogens is 374 g/mol. The Hall–Kier alpha value is -2.71. The molecule has 3 aromatic rings. The van der Waals surface area contributed by atoms with Gasteiger partial charge < -0.3 is 20.9 Å². The number of aromatic nitrogens is 2. The molecule has 4 rings (SSSR count). The Bertz CT molecular complexity index is 994. The van der Waals surface area contributed by atoms with Gasteiger partial charge in [-0.3, -0.25) is 4.90 Å². The van der Waals surface area contributed by atoms with Crippen LogP contribution in [0.5, 0.6) is 0 Å². The molecule has 1 aromatic carbocycles. The third kappa shape index (κ3) is 4.33. The summed E-state index contributed by atoms with van der Waals surface area (Å²) in [6.45, 7) is 6.12. The zero-order chi connectivity index (χ0) is 20.4. The lowest BCUT2D eigenvalue weighted by atomic mass is 10.0. The van der Waals surface area contributed by atoms with Gasteiger partial charge in [-0.05, 0) is 30.8 Å². The predicted octanol–water partition coefficient (Wildman–Crippen LogP) is 2.67. The second kappa shape index (κ2) is 8.34. The molecule has 8 heteroatoms. The lowest BCUT2D eigenvalue weighted by Crippen LogP contribution is -2.45. The highest BCUT2D eigenvalue weighted by atomic mass is 19.1. The molecule has 0 atom stereocenters. The second-order valence-corrected chi connectivity index (χ2v) is 7.61. The number of likely N-dealkylation sites (N-methyl/N-ethyl adjacent to an activating group) is 1. The van der Waals surface area contributed by atoms with Crippen molar-refractivity contribution < 1.29 is 8.78 Å². The van der Waals surface area contributed by atoms with Crippen LogP contribution in [0.2, 0.25) is 0 Å². The van der Waals surface area contributed by atoms with E-state index in [1.165, 1.54) is 12.1 Å². The summed E-state index contributed by atoms with van der Waals surface area (Å²) in [4.78, 5) is 12.3. The summed E-state index contributed by atoms with van der Waals surface area (Å²) in [6.07, 6.45) is 3.62. The van der Waals surface area contributed by atoms with Crippen molar-refractivity contribution in [1.29, 1.82) is 0 Å². The van der Waals surface area contributed by atoms with Gasteiger partial charge in [0.05, 0.1) is 17.6 Å². The van der Waals surface area contributed by atoms with Crippen LogP contribution in [0.3, 0.4) is 0 Å².